The smallest absolute Gasteiger partial charge is 0.0897 e. The van der Waals surface area contributed by atoms with Crippen molar-refractivity contribution in [3.63, 3.8) is 0 Å². The molecule has 19 heavy (non-hydrogen) atoms. The molecule has 1 atom stereocenters. The topological polar surface area (TPSA) is 44.7 Å². The van der Waals surface area contributed by atoms with Gasteiger partial charge >= 0.3 is 0 Å². The standard InChI is InChI=1S/C15H32N2O2/c1-3-19-13-15(18)12-16-10-7-11-17(2)14-8-5-4-6-9-14/h14-16,18H,3-13H2,1-2H3. The molecule has 1 fully saturated rings. The Morgan fingerprint density at radius 1 is 1.32 bits per heavy atom. The zero-order valence-corrected chi connectivity index (χ0v) is 12.7. The van der Waals surface area contributed by atoms with Crippen molar-refractivity contribution >= 4 is 0 Å². The summed E-state index contributed by atoms with van der Waals surface area (Å²) in [6.45, 7) is 5.81. The minimum absolute atomic E-state index is 0.379. The first-order chi connectivity index (χ1) is 9.24. The highest BCUT2D eigenvalue weighted by atomic mass is 16.5. The van der Waals surface area contributed by atoms with Gasteiger partial charge in [-0.1, -0.05) is 19.3 Å². The van der Waals surface area contributed by atoms with E-state index < -0.39 is 0 Å². The molecule has 1 unspecified atom stereocenters. The van der Waals surface area contributed by atoms with E-state index in [1.165, 1.54) is 32.1 Å². The number of nitrogens with zero attached hydrogens (tertiary/aromatic N) is 1. The van der Waals surface area contributed by atoms with Crippen LogP contribution in [-0.4, -0.2) is 62.0 Å². The normalized spacial score (nSPS) is 18.9. The van der Waals surface area contributed by atoms with Gasteiger partial charge in [0, 0.05) is 19.2 Å². The van der Waals surface area contributed by atoms with Crippen molar-refractivity contribution in [3.05, 3.63) is 0 Å². The molecule has 1 saturated carbocycles. The van der Waals surface area contributed by atoms with Crippen molar-refractivity contribution in [3.8, 4) is 0 Å². The van der Waals surface area contributed by atoms with Crippen molar-refractivity contribution in [1.82, 2.24) is 10.2 Å². The average Bonchev–Trinajstić information content (AvgIpc) is 2.45. The number of aliphatic hydroxyl groups is 1. The summed E-state index contributed by atoms with van der Waals surface area (Å²) in [4.78, 5) is 2.51. The third-order valence-corrected chi connectivity index (χ3v) is 3.96. The lowest BCUT2D eigenvalue weighted by Gasteiger charge is -2.31. The van der Waals surface area contributed by atoms with Crippen LogP contribution in [0.5, 0.6) is 0 Å². The SMILES string of the molecule is CCOCC(O)CNCCCN(C)C1CCCCC1. The van der Waals surface area contributed by atoms with Gasteiger partial charge < -0.3 is 20.1 Å². The second-order valence-electron chi connectivity index (χ2n) is 5.64. The van der Waals surface area contributed by atoms with E-state index in [1.807, 2.05) is 6.92 Å². The van der Waals surface area contributed by atoms with Crippen molar-refractivity contribution in [2.75, 3.05) is 39.9 Å². The first kappa shape index (κ1) is 16.9. The van der Waals surface area contributed by atoms with Gasteiger partial charge in [-0.25, -0.2) is 0 Å². The van der Waals surface area contributed by atoms with Crippen LogP contribution in [0, 0.1) is 0 Å². The molecule has 4 nitrogen and oxygen atoms in total. The summed E-state index contributed by atoms with van der Waals surface area (Å²) in [6, 6.07) is 0.803. The molecule has 1 aliphatic carbocycles. The zero-order chi connectivity index (χ0) is 13.9. The van der Waals surface area contributed by atoms with E-state index >= 15 is 0 Å². The second kappa shape index (κ2) is 10.6. The number of hydrogen-bond acceptors (Lipinski definition) is 4. The summed E-state index contributed by atoms with van der Waals surface area (Å²) in [5.41, 5.74) is 0. The largest absolute Gasteiger partial charge is 0.389 e. The molecule has 0 aromatic heterocycles. The van der Waals surface area contributed by atoms with Crippen LogP contribution in [0.2, 0.25) is 0 Å². The van der Waals surface area contributed by atoms with E-state index in [2.05, 4.69) is 17.3 Å². The van der Waals surface area contributed by atoms with Crippen molar-refractivity contribution < 1.29 is 9.84 Å². The fraction of sp³-hybridized carbons (Fsp3) is 1.00. The van der Waals surface area contributed by atoms with E-state index in [1.54, 1.807) is 0 Å². The summed E-state index contributed by atoms with van der Waals surface area (Å²) in [6.07, 6.45) is 7.73. The highest BCUT2D eigenvalue weighted by Crippen LogP contribution is 2.21. The Hall–Kier alpha value is -0.160. The summed E-state index contributed by atoms with van der Waals surface area (Å²) in [5.74, 6) is 0. The van der Waals surface area contributed by atoms with Gasteiger partial charge in [0.1, 0.15) is 0 Å². The maximum absolute atomic E-state index is 9.59. The Kier molecular flexibility index (Phi) is 9.43. The molecular formula is C15H32N2O2. The van der Waals surface area contributed by atoms with Crippen LogP contribution in [0.4, 0.5) is 0 Å². The maximum atomic E-state index is 9.59. The van der Waals surface area contributed by atoms with E-state index in [0.29, 0.717) is 19.8 Å². The van der Waals surface area contributed by atoms with Gasteiger partial charge in [0.2, 0.25) is 0 Å². The van der Waals surface area contributed by atoms with Gasteiger partial charge in [-0.2, -0.15) is 0 Å². The molecule has 0 heterocycles. The minimum Gasteiger partial charge on any atom is -0.389 e. The molecule has 0 aromatic carbocycles. The number of ether oxygens (including phenoxy) is 1. The van der Waals surface area contributed by atoms with Crippen LogP contribution in [0.3, 0.4) is 0 Å². The van der Waals surface area contributed by atoms with E-state index in [0.717, 1.165) is 25.6 Å². The van der Waals surface area contributed by atoms with Crippen molar-refractivity contribution in [2.45, 2.75) is 57.6 Å². The highest BCUT2D eigenvalue weighted by molar-refractivity contribution is 4.73. The average molecular weight is 272 g/mol. The third kappa shape index (κ3) is 7.88. The van der Waals surface area contributed by atoms with Crippen LogP contribution < -0.4 is 5.32 Å². The molecule has 114 valence electrons. The summed E-state index contributed by atoms with van der Waals surface area (Å²) in [5, 5.41) is 12.9. The molecule has 4 heteroatoms. The Balaban J connectivity index is 1.94. The lowest BCUT2D eigenvalue weighted by molar-refractivity contribution is 0.0428. The maximum Gasteiger partial charge on any atom is 0.0897 e. The molecule has 0 spiro atoms. The number of aliphatic hydroxyl groups excluding tert-OH is 1. The molecule has 0 bridgehead atoms. The van der Waals surface area contributed by atoms with E-state index in [-0.39, 0.29) is 6.10 Å². The number of hydrogen-bond donors (Lipinski definition) is 2. The van der Waals surface area contributed by atoms with Crippen LogP contribution in [-0.2, 0) is 4.74 Å². The quantitative estimate of drug-likeness (QED) is 0.593. The summed E-state index contributed by atoms with van der Waals surface area (Å²) < 4.78 is 5.17. The third-order valence-electron chi connectivity index (χ3n) is 3.96. The van der Waals surface area contributed by atoms with Crippen LogP contribution >= 0.6 is 0 Å². The Morgan fingerprint density at radius 2 is 2.05 bits per heavy atom. The molecule has 2 N–H and O–H groups in total. The molecule has 1 rings (SSSR count). The summed E-state index contributed by atoms with van der Waals surface area (Å²) >= 11 is 0. The molecule has 0 saturated heterocycles. The van der Waals surface area contributed by atoms with Crippen molar-refractivity contribution in [1.29, 1.82) is 0 Å². The Labute approximate surface area is 118 Å². The fourth-order valence-corrected chi connectivity index (χ4v) is 2.74. The molecular weight excluding hydrogens is 240 g/mol. The van der Waals surface area contributed by atoms with Crippen LogP contribution in [0.1, 0.15) is 45.4 Å². The Bertz CT molecular complexity index is 208. The van der Waals surface area contributed by atoms with Gasteiger partial charge in [0.15, 0.2) is 0 Å². The van der Waals surface area contributed by atoms with Gasteiger partial charge in [-0.05, 0) is 46.3 Å². The predicted octanol–water partition coefficient (Wildman–Crippen LogP) is 1.63. The second-order valence-corrected chi connectivity index (χ2v) is 5.64. The Morgan fingerprint density at radius 3 is 2.74 bits per heavy atom. The fourth-order valence-electron chi connectivity index (χ4n) is 2.74. The highest BCUT2D eigenvalue weighted by Gasteiger charge is 2.17. The van der Waals surface area contributed by atoms with Gasteiger partial charge in [0.25, 0.3) is 0 Å². The van der Waals surface area contributed by atoms with Gasteiger partial charge in [-0.3, -0.25) is 0 Å². The zero-order valence-electron chi connectivity index (χ0n) is 12.7. The first-order valence-corrected chi connectivity index (χ1v) is 7.90. The van der Waals surface area contributed by atoms with Crippen LogP contribution in [0.25, 0.3) is 0 Å². The lowest BCUT2D eigenvalue weighted by Crippen LogP contribution is -2.36. The minimum atomic E-state index is -0.379. The van der Waals surface area contributed by atoms with Gasteiger partial charge in [-0.15, -0.1) is 0 Å². The first-order valence-electron chi connectivity index (χ1n) is 7.90. The predicted molar refractivity (Wildman–Crippen MR) is 79.5 cm³/mol. The lowest BCUT2D eigenvalue weighted by atomic mass is 9.94. The van der Waals surface area contributed by atoms with Gasteiger partial charge in [0.05, 0.1) is 12.7 Å². The molecule has 0 amide bonds. The molecule has 0 aliphatic heterocycles. The van der Waals surface area contributed by atoms with E-state index in [9.17, 15) is 5.11 Å². The molecule has 0 radical (unpaired) electrons. The monoisotopic (exact) mass is 272 g/mol. The summed E-state index contributed by atoms with van der Waals surface area (Å²) in [7, 11) is 2.25. The van der Waals surface area contributed by atoms with E-state index in [4.69, 9.17) is 4.74 Å². The molecule has 0 aromatic rings. The van der Waals surface area contributed by atoms with Crippen LogP contribution in [0.15, 0.2) is 0 Å². The van der Waals surface area contributed by atoms with Crippen molar-refractivity contribution in [2.24, 2.45) is 0 Å². The number of nitrogens with one attached hydrogen (secondary N) is 1. The molecule has 1 aliphatic rings. The number of rotatable bonds is 10.